The van der Waals surface area contributed by atoms with Crippen molar-refractivity contribution in [2.24, 2.45) is 0 Å². The molecule has 9 heteroatoms. The molecule has 0 aliphatic heterocycles. The van der Waals surface area contributed by atoms with Gasteiger partial charge in [0.1, 0.15) is 5.82 Å². The van der Waals surface area contributed by atoms with Crippen molar-refractivity contribution in [2.75, 3.05) is 18.2 Å². The van der Waals surface area contributed by atoms with Gasteiger partial charge < -0.3 is 10.1 Å². The van der Waals surface area contributed by atoms with Crippen molar-refractivity contribution in [1.29, 1.82) is 0 Å². The Morgan fingerprint density at radius 1 is 1.17 bits per heavy atom. The Kier molecular flexibility index (Phi) is 6.97. The predicted octanol–water partition coefficient (Wildman–Crippen LogP) is 3.79. The summed E-state index contributed by atoms with van der Waals surface area (Å²) >= 11 is 1.23. The average Bonchev–Trinajstić information content (AvgIpc) is 3.15. The molecule has 0 aliphatic carbocycles. The van der Waals surface area contributed by atoms with Gasteiger partial charge in [0, 0.05) is 17.8 Å². The van der Waals surface area contributed by atoms with Crippen molar-refractivity contribution >= 4 is 29.3 Å². The number of carbonyl (C=O) groups excluding carboxylic acids is 2. The molecule has 0 saturated heterocycles. The van der Waals surface area contributed by atoms with Gasteiger partial charge in [0.25, 0.3) is 0 Å². The number of anilines is 1. The molecule has 0 fully saturated rings. The number of nitrogens with one attached hydrogen (secondary N) is 1. The molecule has 154 valence electrons. The number of allylic oxidation sites excluding steroid dienone is 1. The number of nitrogens with zero attached hydrogens (tertiary/aromatic N) is 3. The number of thioether (sulfide) groups is 1. The molecule has 2 aromatic carbocycles. The third-order valence-electron chi connectivity index (χ3n) is 4.05. The first-order chi connectivity index (χ1) is 14.5. The van der Waals surface area contributed by atoms with Gasteiger partial charge in [-0.2, -0.15) is 0 Å². The van der Waals surface area contributed by atoms with Crippen LogP contribution in [0.4, 0.5) is 10.1 Å². The highest BCUT2D eigenvalue weighted by molar-refractivity contribution is 7.99. The predicted molar refractivity (Wildman–Crippen MR) is 113 cm³/mol. The van der Waals surface area contributed by atoms with Crippen LogP contribution in [0.2, 0.25) is 0 Å². The summed E-state index contributed by atoms with van der Waals surface area (Å²) in [5.74, 6) is -0.336. The normalized spacial score (nSPS) is 10.5. The van der Waals surface area contributed by atoms with Crippen LogP contribution in [0.5, 0.6) is 0 Å². The van der Waals surface area contributed by atoms with Crippen LogP contribution in [0.3, 0.4) is 0 Å². The molecule has 0 atom stereocenters. The number of rotatable bonds is 8. The standard InChI is InChI=1S/C21H19FN4O3S/c1-3-12-26-19(14-4-8-16(22)9-5-14)24-25-21(26)30-13-18(27)23-17-10-6-15(7-11-17)20(28)29-2/h3-11H,1,12-13H2,2H3,(H,23,27). The number of aromatic nitrogens is 3. The smallest absolute Gasteiger partial charge is 0.337 e. The van der Waals surface area contributed by atoms with Crippen molar-refractivity contribution in [1.82, 2.24) is 14.8 Å². The largest absolute Gasteiger partial charge is 0.465 e. The minimum atomic E-state index is -0.443. The highest BCUT2D eigenvalue weighted by atomic mass is 32.2. The van der Waals surface area contributed by atoms with Gasteiger partial charge in [0.05, 0.1) is 18.4 Å². The second-order valence-corrected chi connectivity index (χ2v) is 7.06. The van der Waals surface area contributed by atoms with Crippen molar-refractivity contribution < 1.29 is 18.7 Å². The van der Waals surface area contributed by atoms with E-state index in [4.69, 9.17) is 0 Å². The zero-order valence-corrected chi connectivity index (χ0v) is 17.0. The number of carbonyl (C=O) groups is 2. The van der Waals surface area contributed by atoms with Gasteiger partial charge in [-0.1, -0.05) is 17.8 Å². The fourth-order valence-electron chi connectivity index (χ4n) is 2.64. The van der Waals surface area contributed by atoms with Crippen LogP contribution in [0, 0.1) is 5.82 Å². The Bertz CT molecular complexity index is 1050. The second kappa shape index (κ2) is 9.84. The lowest BCUT2D eigenvalue weighted by Crippen LogP contribution is -2.15. The van der Waals surface area contributed by atoms with Crippen molar-refractivity contribution in [3.8, 4) is 11.4 Å². The van der Waals surface area contributed by atoms with Crippen molar-refractivity contribution in [3.63, 3.8) is 0 Å². The molecule has 0 aliphatic rings. The fourth-order valence-corrected chi connectivity index (χ4v) is 3.38. The Labute approximate surface area is 177 Å². The molecule has 0 saturated carbocycles. The Morgan fingerprint density at radius 2 is 1.87 bits per heavy atom. The van der Waals surface area contributed by atoms with Gasteiger partial charge in [-0.05, 0) is 48.5 Å². The number of methoxy groups -OCH3 is 1. The molecule has 1 aromatic heterocycles. The van der Waals surface area contributed by atoms with Crippen LogP contribution in [0.1, 0.15) is 10.4 Å². The van der Waals surface area contributed by atoms with Gasteiger partial charge >= 0.3 is 5.97 Å². The minimum absolute atomic E-state index is 0.109. The summed E-state index contributed by atoms with van der Waals surface area (Å²) in [4.78, 5) is 23.8. The fraction of sp³-hybridized carbons (Fsp3) is 0.143. The third-order valence-corrected chi connectivity index (χ3v) is 5.02. The van der Waals surface area contributed by atoms with Gasteiger partial charge in [0.15, 0.2) is 11.0 Å². The van der Waals surface area contributed by atoms with Crippen LogP contribution in [-0.4, -0.2) is 39.5 Å². The van der Waals surface area contributed by atoms with Gasteiger partial charge in [-0.15, -0.1) is 16.8 Å². The van der Waals surface area contributed by atoms with Crippen LogP contribution in [0.15, 0.2) is 66.3 Å². The summed E-state index contributed by atoms with van der Waals surface area (Å²) in [5.41, 5.74) is 1.68. The number of halogens is 1. The quantitative estimate of drug-likeness (QED) is 0.335. The summed E-state index contributed by atoms with van der Waals surface area (Å²) < 4.78 is 19.6. The first-order valence-corrected chi connectivity index (χ1v) is 9.91. The number of hydrogen-bond donors (Lipinski definition) is 1. The molecule has 1 heterocycles. The highest BCUT2D eigenvalue weighted by Crippen LogP contribution is 2.24. The molecule has 0 radical (unpaired) electrons. The monoisotopic (exact) mass is 426 g/mol. The van der Waals surface area contributed by atoms with E-state index < -0.39 is 5.97 Å². The summed E-state index contributed by atoms with van der Waals surface area (Å²) in [6.45, 7) is 4.19. The molecule has 3 aromatic rings. The van der Waals surface area contributed by atoms with Crippen molar-refractivity contribution in [3.05, 3.63) is 72.6 Å². The summed E-state index contributed by atoms with van der Waals surface area (Å²) in [6.07, 6.45) is 1.70. The lowest BCUT2D eigenvalue weighted by Gasteiger charge is -2.08. The molecule has 3 rings (SSSR count). The molecule has 30 heavy (non-hydrogen) atoms. The van der Waals surface area contributed by atoms with E-state index in [9.17, 15) is 14.0 Å². The van der Waals surface area contributed by atoms with E-state index >= 15 is 0 Å². The van der Waals surface area contributed by atoms with Crippen LogP contribution in [-0.2, 0) is 16.1 Å². The van der Waals surface area contributed by atoms with Crippen molar-refractivity contribution in [2.45, 2.75) is 11.7 Å². The Morgan fingerprint density at radius 3 is 2.50 bits per heavy atom. The molecule has 1 amide bonds. The molecule has 1 N–H and O–H groups in total. The minimum Gasteiger partial charge on any atom is -0.465 e. The van der Waals surface area contributed by atoms with E-state index in [1.54, 1.807) is 42.5 Å². The molecule has 7 nitrogen and oxygen atoms in total. The van der Waals surface area contributed by atoms with Gasteiger partial charge in [-0.3, -0.25) is 9.36 Å². The van der Waals surface area contributed by atoms with E-state index in [1.165, 1.54) is 31.0 Å². The summed E-state index contributed by atoms with van der Waals surface area (Å²) in [7, 11) is 1.31. The Hall–Kier alpha value is -3.46. The lowest BCUT2D eigenvalue weighted by atomic mass is 10.2. The van der Waals surface area contributed by atoms with Crippen LogP contribution < -0.4 is 5.32 Å². The maximum atomic E-state index is 13.2. The average molecular weight is 426 g/mol. The summed E-state index contributed by atoms with van der Waals surface area (Å²) in [5, 5.41) is 11.6. The number of hydrogen-bond acceptors (Lipinski definition) is 6. The van der Waals surface area contributed by atoms with E-state index in [0.29, 0.717) is 34.3 Å². The van der Waals surface area contributed by atoms with E-state index in [1.807, 2.05) is 4.57 Å². The van der Waals surface area contributed by atoms with E-state index in [-0.39, 0.29) is 17.5 Å². The van der Waals surface area contributed by atoms with Crippen LogP contribution in [0.25, 0.3) is 11.4 Å². The van der Waals surface area contributed by atoms with E-state index in [2.05, 4.69) is 26.8 Å². The van der Waals surface area contributed by atoms with Gasteiger partial charge in [0.2, 0.25) is 5.91 Å². The number of esters is 1. The van der Waals surface area contributed by atoms with E-state index in [0.717, 1.165) is 0 Å². The third kappa shape index (κ3) is 5.12. The zero-order chi connectivity index (χ0) is 21.5. The maximum absolute atomic E-state index is 13.2. The lowest BCUT2D eigenvalue weighted by molar-refractivity contribution is -0.113. The SMILES string of the molecule is C=CCn1c(SCC(=O)Nc2ccc(C(=O)OC)cc2)nnc1-c1ccc(F)cc1. The topological polar surface area (TPSA) is 86.1 Å². The first kappa shape index (κ1) is 21.3. The Balaban J connectivity index is 1.66. The molecule has 0 spiro atoms. The zero-order valence-electron chi connectivity index (χ0n) is 16.2. The number of amides is 1. The summed E-state index contributed by atoms with van der Waals surface area (Å²) in [6, 6.07) is 12.4. The molecular formula is C21H19FN4O3S. The van der Waals surface area contributed by atoms with Crippen LogP contribution >= 0.6 is 11.8 Å². The number of ether oxygens (including phenoxy) is 1. The molecule has 0 unspecified atom stereocenters. The maximum Gasteiger partial charge on any atom is 0.337 e. The second-order valence-electron chi connectivity index (χ2n) is 6.12. The highest BCUT2D eigenvalue weighted by Gasteiger charge is 2.15. The molecular weight excluding hydrogens is 407 g/mol. The number of benzene rings is 2. The van der Waals surface area contributed by atoms with Gasteiger partial charge in [-0.25, -0.2) is 9.18 Å². The molecule has 0 bridgehead atoms. The first-order valence-electron chi connectivity index (χ1n) is 8.93.